The van der Waals surface area contributed by atoms with Crippen LogP contribution >= 0.6 is 0 Å². The van der Waals surface area contributed by atoms with Crippen LogP contribution in [0.1, 0.15) is 31.4 Å². The Morgan fingerprint density at radius 2 is 1.88 bits per heavy atom. The van der Waals surface area contributed by atoms with Gasteiger partial charge in [-0.2, -0.15) is 0 Å². The molecule has 3 heteroatoms. The molecule has 0 fully saturated rings. The zero-order chi connectivity index (χ0) is 11.8. The molecule has 0 heterocycles. The lowest BCUT2D eigenvalue weighted by atomic mass is 10.1. The predicted octanol–water partition coefficient (Wildman–Crippen LogP) is 1.47. The molecule has 1 unspecified atom stereocenters. The molecule has 0 spiro atoms. The Balaban J connectivity index is 2.49. The fourth-order valence-electron chi connectivity index (χ4n) is 1.76. The van der Waals surface area contributed by atoms with Crippen LogP contribution in [0, 0.1) is 0 Å². The van der Waals surface area contributed by atoms with Crippen molar-refractivity contribution in [3.05, 3.63) is 35.9 Å². The highest BCUT2D eigenvalue weighted by Gasteiger charge is 2.12. The van der Waals surface area contributed by atoms with E-state index in [4.69, 9.17) is 5.11 Å². The molecule has 0 aliphatic rings. The minimum atomic E-state index is -0.0186. The monoisotopic (exact) mass is 223 g/mol. The van der Waals surface area contributed by atoms with E-state index < -0.39 is 0 Å². The lowest BCUT2D eigenvalue weighted by Gasteiger charge is -2.21. The lowest BCUT2D eigenvalue weighted by Crippen LogP contribution is -2.32. The SMILES string of the molecule is CC(CCCO)N[C@@H](CO)c1ccccc1. The summed E-state index contributed by atoms with van der Waals surface area (Å²) in [5.41, 5.74) is 1.10. The second-order valence-corrected chi connectivity index (χ2v) is 4.08. The molecule has 0 saturated heterocycles. The number of nitrogens with one attached hydrogen (secondary N) is 1. The van der Waals surface area contributed by atoms with Crippen molar-refractivity contribution >= 4 is 0 Å². The van der Waals surface area contributed by atoms with Gasteiger partial charge in [-0.25, -0.2) is 0 Å². The summed E-state index contributed by atoms with van der Waals surface area (Å²) in [6.45, 7) is 2.38. The third kappa shape index (κ3) is 4.31. The number of rotatable bonds is 7. The fraction of sp³-hybridized carbons (Fsp3) is 0.538. The normalized spacial score (nSPS) is 14.7. The first kappa shape index (κ1) is 13.2. The Kier molecular flexibility index (Phi) is 6.08. The summed E-state index contributed by atoms with van der Waals surface area (Å²) < 4.78 is 0. The van der Waals surface area contributed by atoms with Crippen molar-refractivity contribution in [1.29, 1.82) is 0 Å². The molecule has 0 aliphatic carbocycles. The molecular weight excluding hydrogens is 202 g/mol. The van der Waals surface area contributed by atoms with Gasteiger partial charge in [-0.05, 0) is 25.3 Å². The quantitative estimate of drug-likeness (QED) is 0.656. The van der Waals surface area contributed by atoms with Gasteiger partial charge < -0.3 is 15.5 Å². The Labute approximate surface area is 97.1 Å². The van der Waals surface area contributed by atoms with Crippen molar-refractivity contribution < 1.29 is 10.2 Å². The zero-order valence-electron chi connectivity index (χ0n) is 9.76. The standard InChI is InChI=1S/C13H21NO2/c1-11(6-5-9-15)14-13(10-16)12-7-3-2-4-8-12/h2-4,7-8,11,13-16H,5-6,9-10H2,1H3/t11?,13-/m0/s1. The van der Waals surface area contributed by atoms with Crippen molar-refractivity contribution in [2.45, 2.75) is 31.8 Å². The number of aliphatic hydroxyl groups excluding tert-OH is 2. The highest BCUT2D eigenvalue weighted by Crippen LogP contribution is 2.13. The van der Waals surface area contributed by atoms with Crippen LogP contribution in [0.5, 0.6) is 0 Å². The first-order valence-electron chi connectivity index (χ1n) is 5.80. The van der Waals surface area contributed by atoms with E-state index in [1.54, 1.807) is 0 Å². The van der Waals surface area contributed by atoms with Crippen LogP contribution in [-0.4, -0.2) is 29.5 Å². The molecule has 1 rings (SSSR count). The largest absolute Gasteiger partial charge is 0.396 e. The van der Waals surface area contributed by atoms with E-state index >= 15 is 0 Å². The molecular formula is C13H21NO2. The van der Waals surface area contributed by atoms with Crippen LogP contribution in [0.2, 0.25) is 0 Å². The Morgan fingerprint density at radius 1 is 1.19 bits per heavy atom. The van der Waals surface area contributed by atoms with Crippen LogP contribution in [-0.2, 0) is 0 Å². The summed E-state index contributed by atoms with van der Waals surface area (Å²) in [7, 11) is 0. The van der Waals surface area contributed by atoms with E-state index in [-0.39, 0.29) is 19.3 Å². The second-order valence-electron chi connectivity index (χ2n) is 4.08. The lowest BCUT2D eigenvalue weighted by molar-refractivity contribution is 0.226. The van der Waals surface area contributed by atoms with Gasteiger partial charge >= 0.3 is 0 Å². The fourth-order valence-corrected chi connectivity index (χ4v) is 1.76. The van der Waals surface area contributed by atoms with Crippen LogP contribution < -0.4 is 5.32 Å². The first-order valence-corrected chi connectivity index (χ1v) is 5.80. The first-order chi connectivity index (χ1) is 7.77. The van der Waals surface area contributed by atoms with Crippen LogP contribution in [0.25, 0.3) is 0 Å². The van der Waals surface area contributed by atoms with Gasteiger partial charge in [0.1, 0.15) is 0 Å². The van der Waals surface area contributed by atoms with Crippen molar-refractivity contribution in [2.75, 3.05) is 13.2 Å². The van der Waals surface area contributed by atoms with E-state index in [1.807, 2.05) is 30.3 Å². The third-order valence-electron chi connectivity index (χ3n) is 2.67. The number of aliphatic hydroxyl groups is 2. The molecule has 0 saturated carbocycles. The average molecular weight is 223 g/mol. The van der Waals surface area contributed by atoms with Gasteiger partial charge in [0.2, 0.25) is 0 Å². The van der Waals surface area contributed by atoms with Crippen LogP contribution in [0.15, 0.2) is 30.3 Å². The van der Waals surface area contributed by atoms with Crippen molar-refractivity contribution in [3.8, 4) is 0 Å². The van der Waals surface area contributed by atoms with Crippen molar-refractivity contribution in [2.24, 2.45) is 0 Å². The summed E-state index contributed by atoms with van der Waals surface area (Å²) >= 11 is 0. The molecule has 16 heavy (non-hydrogen) atoms. The summed E-state index contributed by atoms with van der Waals surface area (Å²) in [4.78, 5) is 0. The summed E-state index contributed by atoms with van der Waals surface area (Å²) in [6, 6.07) is 10.2. The maximum absolute atomic E-state index is 9.34. The van der Waals surface area contributed by atoms with Gasteiger partial charge in [0.05, 0.1) is 12.6 Å². The Hall–Kier alpha value is -0.900. The number of hydrogen-bond donors (Lipinski definition) is 3. The average Bonchev–Trinajstić information content (AvgIpc) is 2.34. The number of hydrogen-bond acceptors (Lipinski definition) is 3. The maximum Gasteiger partial charge on any atom is 0.0626 e. The van der Waals surface area contributed by atoms with Crippen LogP contribution in [0.3, 0.4) is 0 Å². The number of benzene rings is 1. The minimum absolute atomic E-state index is 0.0186. The highest BCUT2D eigenvalue weighted by molar-refractivity contribution is 5.18. The Morgan fingerprint density at radius 3 is 2.44 bits per heavy atom. The molecule has 0 radical (unpaired) electrons. The van der Waals surface area contributed by atoms with Gasteiger partial charge in [-0.15, -0.1) is 0 Å². The molecule has 3 N–H and O–H groups in total. The van der Waals surface area contributed by atoms with Crippen molar-refractivity contribution in [1.82, 2.24) is 5.32 Å². The van der Waals surface area contributed by atoms with Gasteiger partial charge in [0.15, 0.2) is 0 Å². The summed E-state index contributed by atoms with van der Waals surface area (Å²) in [6.07, 6.45) is 1.71. The zero-order valence-corrected chi connectivity index (χ0v) is 9.76. The molecule has 1 aromatic rings. The Bertz CT molecular complexity index is 277. The van der Waals surface area contributed by atoms with Gasteiger partial charge in [-0.3, -0.25) is 0 Å². The topological polar surface area (TPSA) is 52.5 Å². The highest BCUT2D eigenvalue weighted by atomic mass is 16.3. The van der Waals surface area contributed by atoms with E-state index in [2.05, 4.69) is 12.2 Å². The molecule has 2 atom stereocenters. The molecule has 1 aromatic carbocycles. The second kappa shape index (κ2) is 7.39. The predicted molar refractivity (Wildman–Crippen MR) is 65.2 cm³/mol. The van der Waals surface area contributed by atoms with E-state index in [0.29, 0.717) is 6.04 Å². The molecule has 0 amide bonds. The maximum atomic E-state index is 9.34. The molecule has 90 valence electrons. The van der Waals surface area contributed by atoms with E-state index in [9.17, 15) is 5.11 Å². The third-order valence-corrected chi connectivity index (χ3v) is 2.67. The summed E-state index contributed by atoms with van der Waals surface area (Å²) in [5.74, 6) is 0. The molecule has 3 nitrogen and oxygen atoms in total. The van der Waals surface area contributed by atoms with Gasteiger partial charge in [-0.1, -0.05) is 30.3 Å². The van der Waals surface area contributed by atoms with Crippen LogP contribution in [0.4, 0.5) is 0 Å². The van der Waals surface area contributed by atoms with Gasteiger partial charge in [0.25, 0.3) is 0 Å². The van der Waals surface area contributed by atoms with E-state index in [0.717, 1.165) is 18.4 Å². The minimum Gasteiger partial charge on any atom is -0.396 e. The van der Waals surface area contributed by atoms with Gasteiger partial charge in [0, 0.05) is 12.6 Å². The smallest absolute Gasteiger partial charge is 0.0626 e. The molecule has 0 bridgehead atoms. The summed E-state index contributed by atoms with van der Waals surface area (Å²) in [5, 5.41) is 21.4. The molecule has 0 aliphatic heterocycles. The van der Waals surface area contributed by atoms with Crippen molar-refractivity contribution in [3.63, 3.8) is 0 Å². The molecule has 0 aromatic heterocycles. The van der Waals surface area contributed by atoms with E-state index in [1.165, 1.54) is 0 Å².